The Bertz CT molecular complexity index is 431. The zero-order valence-corrected chi connectivity index (χ0v) is 11.6. The van der Waals surface area contributed by atoms with Crippen molar-refractivity contribution in [3.05, 3.63) is 24.3 Å². The summed E-state index contributed by atoms with van der Waals surface area (Å²) in [6, 6.07) is 8.65. The molecule has 1 aliphatic heterocycles. The van der Waals surface area contributed by atoms with E-state index in [1.165, 1.54) is 0 Å². The maximum Gasteiger partial charge on any atom is 0.142 e. The Morgan fingerprint density at radius 2 is 2.11 bits per heavy atom. The van der Waals surface area contributed by atoms with Crippen LogP contribution < -0.4 is 10.1 Å². The van der Waals surface area contributed by atoms with Gasteiger partial charge < -0.3 is 10.1 Å². The van der Waals surface area contributed by atoms with Gasteiger partial charge in [-0.05, 0) is 31.9 Å². The SMILES string of the molecule is C#CCN1CCC(Nc2ccccc2OCC)CC1. The summed E-state index contributed by atoms with van der Waals surface area (Å²) in [5.41, 5.74) is 1.10. The van der Waals surface area contributed by atoms with Crippen molar-refractivity contribution in [1.29, 1.82) is 0 Å². The predicted molar refractivity (Wildman–Crippen MR) is 79.5 cm³/mol. The number of terminal acetylenes is 1. The third-order valence-corrected chi connectivity index (χ3v) is 3.45. The van der Waals surface area contributed by atoms with Crippen LogP contribution in [0.25, 0.3) is 0 Å². The van der Waals surface area contributed by atoms with E-state index >= 15 is 0 Å². The van der Waals surface area contributed by atoms with Crippen LogP contribution in [0.15, 0.2) is 24.3 Å². The first-order valence-corrected chi connectivity index (χ1v) is 6.97. The van der Waals surface area contributed by atoms with Crippen LogP contribution in [0.2, 0.25) is 0 Å². The quantitative estimate of drug-likeness (QED) is 0.822. The maximum atomic E-state index is 5.64. The van der Waals surface area contributed by atoms with Crippen LogP contribution in [0, 0.1) is 12.3 Å². The van der Waals surface area contributed by atoms with Gasteiger partial charge in [0.2, 0.25) is 0 Å². The van der Waals surface area contributed by atoms with Gasteiger partial charge in [0.1, 0.15) is 5.75 Å². The first-order chi connectivity index (χ1) is 9.33. The minimum atomic E-state index is 0.510. The number of hydrogen-bond acceptors (Lipinski definition) is 3. The minimum Gasteiger partial charge on any atom is -0.492 e. The number of likely N-dealkylation sites (tertiary alicyclic amines) is 1. The number of nitrogens with one attached hydrogen (secondary N) is 1. The lowest BCUT2D eigenvalue weighted by atomic mass is 10.0. The lowest BCUT2D eigenvalue weighted by molar-refractivity contribution is 0.243. The zero-order chi connectivity index (χ0) is 13.5. The van der Waals surface area contributed by atoms with Gasteiger partial charge in [0.05, 0.1) is 18.8 Å². The van der Waals surface area contributed by atoms with E-state index in [1.54, 1.807) is 0 Å². The molecule has 1 heterocycles. The molecule has 1 aromatic rings. The van der Waals surface area contributed by atoms with Crippen molar-refractivity contribution in [2.45, 2.75) is 25.8 Å². The molecule has 0 atom stereocenters. The van der Waals surface area contributed by atoms with Crippen LogP contribution in [-0.2, 0) is 0 Å². The molecule has 3 nitrogen and oxygen atoms in total. The average Bonchev–Trinajstić information content (AvgIpc) is 2.44. The fourth-order valence-electron chi connectivity index (χ4n) is 2.45. The minimum absolute atomic E-state index is 0.510. The molecule has 3 heteroatoms. The van der Waals surface area contributed by atoms with Crippen LogP contribution in [0.1, 0.15) is 19.8 Å². The van der Waals surface area contributed by atoms with Gasteiger partial charge in [-0.3, -0.25) is 4.90 Å². The highest BCUT2D eigenvalue weighted by Gasteiger charge is 2.19. The van der Waals surface area contributed by atoms with E-state index in [4.69, 9.17) is 11.2 Å². The molecule has 0 radical (unpaired) electrons. The van der Waals surface area contributed by atoms with Crippen molar-refractivity contribution in [3.63, 3.8) is 0 Å². The normalized spacial score (nSPS) is 16.8. The number of anilines is 1. The van der Waals surface area contributed by atoms with Crippen LogP contribution in [0.5, 0.6) is 5.75 Å². The Balaban J connectivity index is 1.90. The molecular formula is C16H22N2O. The van der Waals surface area contributed by atoms with Crippen molar-refractivity contribution in [2.75, 3.05) is 31.6 Å². The van der Waals surface area contributed by atoms with Gasteiger partial charge in [-0.25, -0.2) is 0 Å². The number of para-hydroxylation sites is 2. The molecule has 0 saturated carbocycles. The van der Waals surface area contributed by atoms with E-state index in [0.717, 1.165) is 43.9 Å². The fraction of sp³-hybridized carbons (Fsp3) is 0.500. The number of piperidine rings is 1. The second-order valence-corrected chi connectivity index (χ2v) is 4.83. The Morgan fingerprint density at radius 3 is 2.79 bits per heavy atom. The lowest BCUT2D eigenvalue weighted by Gasteiger charge is -2.32. The van der Waals surface area contributed by atoms with Gasteiger partial charge in [-0.15, -0.1) is 6.42 Å². The summed E-state index contributed by atoms with van der Waals surface area (Å²) in [5.74, 6) is 3.65. The van der Waals surface area contributed by atoms with E-state index < -0.39 is 0 Å². The number of nitrogens with zero attached hydrogens (tertiary/aromatic N) is 1. The summed E-state index contributed by atoms with van der Waals surface area (Å²) in [4.78, 5) is 2.33. The molecule has 1 aliphatic rings. The lowest BCUT2D eigenvalue weighted by Crippen LogP contribution is -2.39. The highest BCUT2D eigenvalue weighted by atomic mass is 16.5. The van der Waals surface area contributed by atoms with Crippen molar-refractivity contribution in [2.24, 2.45) is 0 Å². The molecule has 19 heavy (non-hydrogen) atoms. The van der Waals surface area contributed by atoms with E-state index in [0.29, 0.717) is 12.6 Å². The molecule has 1 aromatic carbocycles. The summed E-state index contributed by atoms with van der Waals surface area (Å²) in [6.07, 6.45) is 7.60. The molecule has 1 N–H and O–H groups in total. The Morgan fingerprint density at radius 1 is 1.37 bits per heavy atom. The number of rotatable bonds is 5. The zero-order valence-electron chi connectivity index (χ0n) is 11.6. The Kier molecular flexibility index (Phi) is 5.11. The molecule has 1 saturated heterocycles. The second kappa shape index (κ2) is 7.06. The van der Waals surface area contributed by atoms with Gasteiger partial charge in [0.25, 0.3) is 0 Å². The van der Waals surface area contributed by atoms with Crippen molar-refractivity contribution in [3.8, 4) is 18.1 Å². The van der Waals surface area contributed by atoms with Crippen molar-refractivity contribution < 1.29 is 4.74 Å². The summed E-state index contributed by atoms with van der Waals surface area (Å²) >= 11 is 0. The van der Waals surface area contributed by atoms with Crippen molar-refractivity contribution >= 4 is 5.69 Å². The van der Waals surface area contributed by atoms with Crippen LogP contribution in [0.4, 0.5) is 5.69 Å². The Labute approximate surface area is 115 Å². The third kappa shape index (κ3) is 3.90. The molecule has 0 aliphatic carbocycles. The van der Waals surface area contributed by atoms with Crippen LogP contribution in [-0.4, -0.2) is 37.2 Å². The third-order valence-electron chi connectivity index (χ3n) is 3.45. The second-order valence-electron chi connectivity index (χ2n) is 4.83. The molecule has 0 spiro atoms. The number of ether oxygens (including phenoxy) is 1. The van der Waals surface area contributed by atoms with E-state index in [-0.39, 0.29) is 0 Å². The van der Waals surface area contributed by atoms with Crippen molar-refractivity contribution in [1.82, 2.24) is 4.90 Å². The molecule has 2 rings (SSSR count). The first-order valence-electron chi connectivity index (χ1n) is 6.97. The van der Waals surface area contributed by atoms with Gasteiger partial charge in [0, 0.05) is 19.1 Å². The fourth-order valence-corrected chi connectivity index (χ4v) is 2.45. The monoisotopic (exact) mass is 258 g/mol. The summed E-state index contributed by atoms with van der Waals surface area (Å²) in [6.45, 7) is 5.61. The predicted octanol–water partition coefficient (Wildman–Crippen LogP) is 2.59. The van der Waals surface area contributed by atoms with E-state index in [2.05, 4.69) is 22.2 Å². The summed E-state index contributed by atoms with van der Waals surface area (Å²) in [5, 5.41) is 3.59. The van der Waals surface area contributed by atoms with Gasteiger partial charge in [-0.1, -0.05) is 18.1 Å². The molecule has 0 amide bonds. The average molecular weight is 258 g/mol. The largest absolute Gasteiger partial charge is 0.492 e. The van der Waals surface area contributed by atoms with Gasteiger partial charge in [0.15, 0.2) is 0 Å². The number of hydrogen-bond donors (Lipinski definition) is 1. The molecule has 0 unspecified atom stereocenters. The standard InChI is InChI=1S/C16H22N2O/c1-3-11-18-12-9-14(10-13-18)17-15-7-5-6-8-16(15)19-4-2/h1,5-8,14,17H,4,9-13H2,2H3. The topological polar surface area (TPSA) is 24.5 Å². The smallest absolute Gasteiger partial charge is 0.142 e. The Hall–Kier alpha value is -1.66. The van der Waals surface area contributed by atoms with E-state index in [1.807, 2.05) is 25.1 Å². The van der Waals surface area contributed by atoms with Crippen LogP contribution in [0.3, 0.4) is 0 Å². The molecule has 0 aromatic heterocycles. The number of benzene rings is 1. The van der Waals surface area contributed by atoms with E-state index in [9.17, 15) is 0 Å². The molecule has 0 bridgehead atoms. The van der Waals surface area contributed by atoms with Gasteiger partial charge >= 0.3 is 0 Å². The maximum absolute atomic E-state index is 5.64. The first kappa shape index (κ1) is 13.8. The highest BCUT2D eigenvalue weighted by molar-refractivity contribution is 5.56. The summed E-state index contributed by atoms with van der Waals surface area (Å²) in [7, 11) is 0. The molecule has 102 valence electrons. The molecule has 1 fully saturated rings. The summed E-state index contributed by atoms with van der Waals surface area (Å²) < 4.78 is 5.64. The highest BCUT2D eigenvalue weighted by Crippen LogP contribution is 2.26. The molecular weight excluding hydrogens is 236 g/mol. The van der Waals surface area contributed by atoms with Crippen LogP contribution >= 0.6 is 0 Å². The van der Waals surface area contributed by atoms with Gasteiger partial charge in [-0.2, -0.15) is 0 Å².